The maximum absolute atomic E-state index is 11.8. The van der Waals surface area contributed by atoms with Gasteiger partial charge < -0.3 is 14.8 Å². The lowest BCUT2D eigenvalue weighted by molar-refractivity contribution is -0.117. The first-order valence-corrected chi connectivity index (χ1v) is 7.86. The van der Waals surface area contributed by atoms with Crippen LogP contribution in [-0.2, 0) is 4.79 Å². The zero-order valence-electron chi connectivity index (χ0n) is 12.6. The molecule has 0 atom stereocenters. The molecule has 1 amide bonds. The summed E-state index contributed by atoms with van der Waals surface area (Å²) in [4.78, 5) is 11.8. The molecule has 4 heteroatoms. The summed E-state index contributed by atoms with van der Waals surface area (Å²) in [5, 5.41) is 3.06. The van der Waals surface area contributed by atoms with Gasteiger partial charge in [-0.3, -0.25) is 4.79 Å². The molecule has 116 valence electrons. The number of carbonyl (C=O) groups excluding carboxylic acids is 1. The predicted octanol–water partition coefficient (Wildman–Crippen LogP) is 3.43. The molecule has 4 nitrogen and oxygen atoms in total. The highest BCUT2D eigenvalue weighted by atomic mass is 16.7. The number of rotatable bonds is 4. The SMILES string of the molecule is O=C(/C=C/C=C/c1ccc2c(c1)OCO2)NC1CCCCC1. The minimum atomic E-state index is -0.0118. The Balaban J connectivity index is 1.49. The number of hydrogen-bond donors (Lipinski definition) is 1. The van der Waals surface area contributed by atoms with Gasteiger partial charge in [-0.2, -0.15) is 0 Å². The number of nitrogens with one attached hydrogen (secondary N) is 1. The summed E-state index contributed by atoms with van der Waals surface area (Å²) in [5.74, 6) is 1.53. The number of ether oxygens (including phenoxy) is 2. The molecule has 0 aromatic heterocycles. The standard InChI is InChI=1S/C18H21NO3/c20-18(19-15-7-2-1-3-8-15)9-5-4-6-14-10-11-16-17(12-14)22-13-21-16/h4-6,9-12,15H,1-3,7-8,13H2,(H,19,20)/b6-4+,9-5+. The maximum Gasteiger partial charge on any atom is 0.244 e. The van der Waals surface area contributed by atoms with Gasteiger partial charge in [-0.15, -0.1) is 0 Å². The minimum absolute atomic E-state index is 0.0118. The van der Waals surface area contributed by atoms with Gasteiger partial charge in [0.25, 0.3) is 0 Å². The number of benzene rings is 1. The molecule has 0 saturated heterocycles. The minimum Gasteiger partial charge on any atom is -0.454 e. The van der Waals surface area contributed by atoms with E-state index in [1.165, 1.54) is 19.3 Å². The monoisotopic (exact) mass is 299 g/mol. The summed E-state index contributed by atoms with van der Waals surface area (Å²) in [7, 11) is 0. The van der Waals surface area contributed by atoms with Crippen molar-refractivity contribution in [3.63, 3.8) is 0 Å². The van der Waals surface area contributed by atoms with Gasteiger partial charge in [-0.05, 0) is 30.5 Å². The van der Waals surface area contributed by atoms with Gasteiger partial charge in [0.1, 0.15) is 0 Å². The lowest BCUT2D eigenvalue weighted by Gasteiger charge is -2.21. The number of carbonyl (C=O) groups is 1. The second-order valence-electron chi connectivity index (χ2n) is 5.67. The molecule has 0 bridgehead atoms. The van der Waals surface area contributed by atoms with Crippen LogP contribution in [0.2, 0.25) is 0 Å². The average Bonchev–Trinajstić information content (AvgIpc) is 3.00. The topological polar surface area (TPSA) is 47.6 Å². The van der Waals surface area contributed by atoms with Crippen molar-refractivity contribution in [2.45, 2.75) is 38.1 Å². The van der Waals surface area contributed by atoms with Crippen molar-refractivity contribution in [1.82, 2.24) is 5.32 Å². The first-order chi connectivity index (χ1) is 10.8. The van der Waals surface area contributed by atoms with Crippen LogP contribution in [0, 0.1) is 0 Å². The zero-order valence-corrected chi connectivity index (χ0v) is 12.6. The van der Waals surface area contributed by atoms with E-state index in [4.69, 9.17) is 9.47 Å². The third-order valence-corrected chi connectivity index (χ3v) is 4.00. The summed E-state index contributed by atoms with van der Waals surface area (Å²) >= 11 is 0. The molecule has 0 unspecified atom stereocenters. The average molecular weight is 299 g/mol. The molecule has 0 spiro atoms. The molecule has 1 aliphatic heterocycles. The lowest BCUT2D eigenvalue weighted by Crippen LogP contribution is -2.34. The van der Waals surface area contributed by atoms with Gasteiger partial charge in [0.05, 0.1) is 0 Å². The molecule has 3 rings (SSSR count). The van der Waals surface area contributed by atoms with Crippen LogP contribution in [0.15, 0.2) is 36.4 Å². The van der Waals surface area contributed by atoms with Gasteiger partial charge in [0.15, 0.2) is 11.5 Å². The Bertz CT molecular complexity index is 586. The molecule has 1 N–H and O–H groups in total. The Morgan fingerprint density at radius 3 is 2.77 bits per heavy atom. The maximum atomic E-state index is 11.8. The van der Waals surface area contributed by atoms with Gasteiger partial charge >= 0.3 is 0 Å². The Labute approximate surface area is 130 Å². The van der Waals surface area contributed by atoms with Gasteiger partial charge in [-0.25, -0.2) is 0 Å². The number of hydrogen-bond acceptors (Lipinski definition) is 3. The van der Waals surface area contributed by atoms with Crippen molar-refractivity contribution in [1.29, 1.82) is 0 Å². The Kier molecular flexibility index (Phi) is 4.78. The van der Waals surface area contributed by atoms with Gasteiger partial charge in [-0.1, -0.05) is 43.6 Å². The predicted molar refractivity (Wildman–Crippen MR) is 85.8 cm³/mol. The van der Waals surface area contributed by atoms with Crippen LogP contribution in [-0.4, -0.2) is 18.7 Å². The van der Waals surface area contributed by atoms with E-state index in [0.717, 1.165) is 29.9 Å². The fraction of sp³-hybridized carbons (Fsp3) is 0.389. The fourth-order valence-corrected chi connectivity index (χ4v) is 2.82. The number of fused-ring (bicyclic) bond motifs is 1. The number of amides is 1. The summed E-state index contributed by atoms with van der Waals surface area (Å²) in [6.45, 7) is 0.281. The van der Waals surface area contributed by atoms with Crippen LogP contribution in [0.25, 0.3) is 6.08 Å². The normalized spacial score (nSPS) is 18.2. The molecule has 1 heterocycles. The first-order valence-electron chi connectivity index (χ1n) is 7.86. The molecule has 1 aliphatic carbocycles. The number of allylic oxidation sites excluding steroid dienone is 2. The Morgan fingerprint density at radius 1 is 1.09 bits per heavy atom. The summed E-state index contributed by atoms with van der Waals surface area (Å²) in [6.07, 6.45) is 13.1. The highest BCUT2D eigenvalue weighted by molar-refractivity contribution is 5.88. The van der Waals surface area contributed by atoms with Crippen LogP contribution in [0.1, 0.15) is 37.7 Å². The summed E-state index contributed by atoms with van der Waals surface area (Å²) in [6, 6.07) is 6.12. The van der Waals surface area contributed by atoms with E-state index in [1.807, 2.05) is 30.4 Å². The highest BCUT2D eigenvalue weighted by Gasteiger charge is 2.14. The van der Waals surface area contributed by atoms with E-state index in [2.05, 4.69) is 5.32 Å². The van der Waals surface area contributed by atoms with Crippen molar-refractivity contribution in [3.8, 4) is 11.5 Å². The second kappa shape index (κ2) is 7.16. The molecular weight excluding hydrogens is 278 g/mol. The van der Waals surface area contributed by atoms with Crippen LogP contribution in [0.3, 0.4) is 0 Å². The quantitative estimate of drug-likeness (QED) is 0.684. The third-order valence-electron chi connectivity index (χ3n) is 4.00. The van der Waals surface area contributed by atoms with Crippen LogP contribution < -0.4 is 14.8 Å². The Morgan fingerprint density at radius 2 is 1.91 bits per heavy atom. The van der Waals surface area contributed by atoms with E-state index in [0.29, 0.717) is 6.04 Å². The van der Waals surface area contributed by atoms with Crippen molar-refractivity contribution in [2.75, 3.05) is 6.79 Å². The highest BCUT2D eigenvalue weighted by Crippen LogP contribution is 2.32. The van der Waals surface area contributed by atoms with Crippen LogP contribution in [0.4, 0.5) is 0 Å². The molecule has 1 saturated carbocycles. The Hall–Kier alpha value is -2.23. The molecule has 1 aromatic rings. The summed E-state index contributed by atoms with van der Waals surface area (Å²) < 4.78 is 10.6. The van der Waals surface area contributed by atoms with Gasteiger partial charge in [0, 0.05) is 12.1 Å². The van der Waals surface area contributed by atoms with E-state index in [-0.39, 0.29) is 12.7 Å². The molecule has 2 aliphatic rings. The zero-order chi connectivity index (χ0) is 15.2. The molecule has 1 fully saturated rings. The second-order valence-corrected chi connectivity index (χ2v) is 5.67. The van der Waals surface area contributed by atoms with Crippen molar-refractivity contribution < 1.29 is 14.3 Å². The fourth-order valence-electron chi connectivity index (χ4n) is 2.82. The lowest BCUT2D eigenvalue weighted by atomic mass is 9.95. The summed E-state index contributed by atoms with van der Waals surface area (Å²) in [5.41, 5.74) is 1.02. The largest absolute Gasteiger partial charge is 0.454 e. The molecular formula is C18H21NO3. The van der Waals surface area contributed by atoms with Crippen LogP contribution in [0.5, 0.6) is 11.5 Å². The van der Waals surface area contributed by atoms with Crippen molar-refractivity contribution in [2.24, 2.45) is 0 Å². The molecule has 0 radical (unpaired) electrons. The van der Waals surface area contributed by atoms with E-state index in [1.54, 1.807) is 12.2 Å². The van der Waals surface area contributed by atoms with Gasteiger partial charge in [0.2, 0.25) is 12.7 Å². The van der Waals surface area contributed by atoms with Crippen molar-refractivity contribution in [3.05, 3.63) is 42.0 Å². The smallest absolute Gasteiger partial charge is 0.244 e. The van der Waals surface area contributed by atoms with E-state index >= 15 is 0 Å². The molecule has 1 aromatic carbocycles. The third kappa shape index (κ3) is 3.91. The van der Waals surface area contributed by atoms with Crippen molar-refractivity contribution >= 4 is 12.0 Å². The van der Waals surface area contributed by atoms with E-state index < -0.39 is 0 Å². The van der Waals surface area contributed by atoms with E-state index in [9.17, 15) is 4.79 Å². The van der Waals surface area contributed by atoms with Crippen LogP contribution >= 0.6 is 0 Å². The first kappa shape index (κ1) is 14.7. The molecule has 22 heavy (non-hydrogen) atoms.